The van der Waals surface area contributed by atoms with Gasteiger partial charge in [0.1, 0.15) is 0 Å². The van der Waals surface area contributed by atoms with Crippen molar-refractivity contribution in [2.75, 3.05) is 0 Å². The molecule has 2 aromatic carbocycles. The number of rotatable bonds is 12. The molecular weight excluding hydrogens is 508 g/mol. The van der Waals surface area contributed by atoms with Crippen LogP contribution < -0.4 is 0 Å². The molecule has 1 aliphatic rings. The zero-order chi connectivity index (χ0) is 22.1. The van der Waals surface area contributed by atoms with Gasteiger partial charge in [-0.05, 0) is 68.3 Å². The van der Waals surface area contributed by atoms with E-state index in [1.165, 1.54) is 86.5 Å². The summed E-state index contributed by atoms with van der Waals surface area (Å²) in [4.78, 5) is 3.94. The van der Waals surface area contributed by atoms with Crippen molar-refractivity contribution in [3.8, 4) is 11.1 Å². The molecule has 0 aliphatic heterocycles. The minimum absolute atomic E-state index is 0.137. The van der Waals surface area contributed by atoms with E-state index in [0.29, 0.717) is 0 Å². The van der Waals surface area contributed by atoms with E-state index in [4.69, 9.17) is 0 Å². The lowest BCUT2D eigenvalue weighted by atomic mass is 9.70. The van der Waals surface area contributed by atoms with Gasteiger partial charge in [0.05, 0.1) is 0 Å². The van der Waals surface area contributed by atoms with Crippen LogP contribution in [-0.4, -0.2) is 0 Å². The second kappa shape index (κ2) is 12.2. The molecule has 0 N–H and O–H groups in total. The van der Waals surface area contributed by atoms with Gasteiger partial charge in [-0.2, -0.15) is 0 Å². The molecule has 0 nitrogen and oxygen atoms in total. The smallest absolute Gasteiger partial charge is 0.0215 e. The van der Waals surface area contributed by atoms with Gasteiger partial charge >= 0.3 is 0 Å². The van der Waals surface area contributed by atoms with Crippen LogP contribution in [0.25, 0.3) is 23.3 Å². The van der Waals surface area contributed by atoms with Gasteiger partial charge in [-0.15, -0.1) is 0 Å². The Hall–Kier alpha value is -1.12. The maximum Gasteiger partial charge on any atom is 0.0215 e. The zero-order valence-electron chi connectivity index (χ0n) is 19.1. The third kappa shape index (κ3) is 5.63. The first-order valence-electron chi connectivity index (χ1n) is 12.0. The highest BCUT2D eigenvalue weighted by molar-refractivity contribution is 9.11. The van der Waals surface area contributed by atoms with Crippen molar-refractivity contribution in [3.63, 3.8) is 0 Å². The molecule has 0 saturated heterocycles. The SMILES string of the molecule is CCCCCCC1(CCCCCC)c2cc(/C=C/Br)ccc2-c2ccc(/C=C/Br)cc21. The molecule has 0 fully saturated rings. The van der Waals surface area contributed by atoms with Crippen molar-refractivity contribution in [3.05, 3.63) is 68.6 Å². The summed E-state index contributed by atoms with van der Waals surface area (Å²) in [6, 6.07) is 14.2. The van der Waals surface area contributed by atoms with E-state index in [1.54, 1.807) is 11.1 Å². The fourth-order valence-corrected chi connectivity index (χ4v) is 5.86. The summed E-state index contributed by atoms with van der Waals surface area (Å²) in [7, 11) is 0. The Balaban J connectivity index is 2.11. The Morgan fingerprint density at radius 3 is 1.48 bits per heavy atom. The van der Waals surface area contributed by atoms with Gasteiger partial charge < -0.3 is 0 Å². The van der Waals surface area contributed by atoms with Crippen molar-refractivity contribution in [2.45, 2.75) is 83.5 Å². The summed E-state index contributed by atoms with van der Waals surface area (Å²) in [6.07, 6.45) is 17.4. The molecule has 166 valence electrons. The van der Waals surface area contributed by atoms with Crippen LogP contribution in [0.3, 0.4) is 0 Å². The van der Waals surface area contributed by atoms with Gasteiger partial charge in [0, 0.05) is 5.41 Å². The van der Waals surface area contributed by atoms with Crippen LogP contribution in [0.15, 0.2) is 46.4 Å². The summed E-state index contributed by atoms with van der Waals surface area (Å²) < 4.78 is 0. The van der Waals surface area contributed by atoms with Crippen LogP contribution in [0.1, 0.15) is 100 Å². The van der Waals surface area contributed by atoms with E-state index in [2.05, 4.69) is 94.3 Å². The van der Waals surface area contributed by atoms with E-state index in [1.807, 2.05) is 9.97 Å². The van der Waals surface area contributed by atoms with Crippen molar-refractivity contribution >= 4 is 44.0 Å². The van der Waals surface area contributed by atoms with Crippen molar-refractivity contribution < 1.29 is 0 Å². The second-order valence-corrected chi connectivity index (χ2v) is 9.96. The largest absolute Gasteiger partial charge is 0.0654 e. The summed E-state index contributed by atoms with van der Waals surface area (Å²) >= 11 is 6.95. The molecule has 0 bridgehead atoms. The molecule has 0 radical (unpaired) electrons. The third-order valence-electron chi connectivity index (χ3n) is 6.83. The second-order valence-electron chi connectivity index (χ2n) is 8.90. The van der Waals surface area contributed by atoms with E-state index < -0.39 is 0 Å². The fraction of sp³-hybridized carbons (Fsp3) is 0.448. The minimum Gasteiger partial charge on any atom is -0.0654 e. The molecule has 0 heterocycles. The van der Waals surface area contributed by atoms with Gasteiger partial charge in [0.25, 0.3) is 0 Å². The minimum atomic E-state index is 0.137. The number of hydrogen-bond donors (Lipinski definition) is 0. The monoisotopic (exact) mass is 542 g/mol. The number of unbranched alkanes of at least 4 members (excludes halogenated alkanes) is 6. The predicted molar refractivity (Wildman–Crippen MR) is 146 cm³/mol. The molecule has 0 spiro atoms. The lowest BCUT2D eigenvalue weighted by Crippen LogP contribution is -2.25. The van der Waals surface area contributed by atoms with E-state index >= 15 is 0 Å². The van der Waals surface area contributed by atoms with Gasteiger partial charge in [0.2, 0.25) is 0 Å². The quantitative estimate of drug-likeness (QED) is 0.233. The lowest BCUT2D eigenvalue weighted by molar-refractivity contribution is 0.401. The standard InChI is InChI=1S/C29H36Br2/c1-3-5-7-9-17-29(18-10-8-6-4-2)27-21-23(15-19-30)11-13-25(27)26-14-12-24(16-20-31)22-28(26)29/h11-16,19-22H,3-10,17-18H2,1-2H3/b19-15+,20-16+. The molecule has 31 heavy (non-hydrogen) atoms. The highest BCUT2D eigenvalue weighted by Gasteiger charge is 2.42. The van der Waals surface area contributed by atoms with Crippen LogP contribution in [-0.2, 0) is 5.41 Å². The van der Waals surface area contributed by atoms with Crippen molar-refractivity contribution in [2.24, 2.45) is 0 Å². The average Bonchev–Trinajstić information content (AvgIpc) is 3.04. The van der Waals surface area contributed by atoms with E-state index in [9.17, 15) is 0 Å². The topological polar surface area (TPSA) is 0 Å². The molecule has 0 unspecified atom stereocenters. The number of benzene rings is 2. The summed E-state index contributed by atoms with van der Waals surface area (Å²) in [5.41, 5.74) is 8.71. The number of fused-ring (bicyclic) bond motifs is 3. The van der Waals surface area contributed by atoms with Gasteiger partial charge in [0.15, 0.2) is 0 Å². The number of hydrogen-bond acceptors (Lipinski definition) is 0. The Morgan fingerprint density at radius 2 is 1.10 bits per heavy atom. The molecule has 3 rings (SSSR count). The van der Waals surface area contributed by atoms with Crippen molar-refractivity contribution in [1.82, 2.24) is 0 Å². The maximum absolute atomic E-state index is 3.48. The van der Waals surface area contributed by atoms with Gasteiger partial charge in [-0.25, -0.2) is 0 Å². The molecule has 2 heteroatoms. The highest BCUT2D eigenvalue weighted by atomic mass is 79.9. The molecule has 0 aromatic heterocycles. The first-order chi connectivity index (χ1) is 15.2. The maximum atomic E-state index is 3.48. The van der Waals surface area contributed by atoms with Crippen molar-refractivity contribution in [1.29, 1.82) is 0 Å². The van der Waals surface area contributed by atoms with E-state index in [-0.39, 0.29) is 5.41 Å². The first-order valence-corrected chi connectivity index (χ1v) is 13.9. The van der Waals surface area contributed by atoms with Crippen LogP contribution in [0.5, 0.6) is 0 Å². The molecule has 0 atom stereocenters. The predicted octanol–water partition coefficient (Wildman–Crippen LogP) is 10.6. The van der Waals surface area contributed by atoms with Crippen LogP contribution in [0, 0.1) is 0 Å². The van der Waals surface area contributed by atoms with Gasteiger partial charge in [-0.3, -0.25) is 0 Å². The summed E-state index contributed by atoms with van der Waals surface area (Å²) in [5.74, 6) is 0. The third-order valence-corrected chi connectivity index (χ3v) is 7.36. The summed E-state index contributed by atoms with van der Waals surface area (Å²) in [6.45, 7) is 4.61. The normalized spacial score (nSPS) is 14.5. The van der Waals surface area contributed by atoms with Gasteiger partial charge in [-0.1, -0.05) is 133 Å². The fourth-order valence-electron chi connectivity index (χ4n) is 5.25. The van der Waals surface area contributed by atoms with E-state index in [0.717, 1.165) is 0 Å². The summed E-state index contributed by atoms with van der Waals surface area (Å²) in [5, 5.41) is 0. The molecular formula is C29H36Br2. The Bertz CT molecular complexity index is 831. The van der Waals surface area contributed by atoms with Crippen LogP contribution in [0.2, 0.25) is 0 Å². The Labute approximate surface area is 206 Å². The Kier molecular flexibility index (Phi) is 9.66. The average molecular weight is 544 g/mol. The number of halogens is 2. The lowest BCUT2D eigenvalue weighted by Gasteiger charge is -2.33. The van der Waals surface area contributed by atoms with Crippen LogP contribution in [0.4, 0.5) is 0 Å². The molecule has 0 saturated carbocycles. The molecule has 1 aliphatic carbocycles. The molecule has 0 amide bonds. The van der Waals surface area contributed by atoms with Crippen LogP contribution >= 0.6 is 31.9 Å². The highest BCUT2D eigenvalue weighted by Crippen LogP contribution is 2.54. The molecule has 2 aromatic rings. The zero-order valence-corrected chi connectivity index (χ0v) is 22.3. The first kappa shape index (κ1) is 24.5. The Morgan fingerprint density at radius 1 is 0.645 bits per heavy atom.